The second-order valence-electron chi connectivity index (χ2n) is 6.37. The molecular formula is C20H35N3O3. The highest BCUT2D eigenvalue weighted by Gasteiger charge is 2.13. The van der Waals surface area contributed by atoms with Gasteiger partial charge in [0.2, 0.25) is 0 Å². The number of aliphatic imine (C=N–C) groups is 1. The Morgan fingerprint density at radius 1 is 1.23 bits per heavy atom. The van der Waals surface area contributed by atoms with Gasteiger partial charge in [-0.15, -0.1) is 0 Å². The first-order chi connectivity index (χ1) is 12.6. The minimum absolute atomic E-state index is 0.259. The molecule has 1 rings (SSSR count). The van der Waals surface area contributed by atoms with Crippen molar-refractivity contribution in [1.29, 1.82) is 0 Å². The van der Waals surface area contributed by atoms with Gasteiger partial charge in [-0.2, -0.15) is 0 Å². The third-order valence-corrected chi connectivity index (χ3v) is 3.93. The minimum Gasteiger partial charge on any atom is -0.493 e. The molecule has 0 aliphatic carbocycles. The maximum absolute atomic E-state index is 5.78. The molecule has 0 saturated carbocycles. The van der Waals surface area contributed by atoms with E-state index >= 15 is 0 Å². The predicted molar refractivity (Wildman–Crippen MR) is 108 cm³/mol. The summed E-state index contributed by atoms with van der Waals surface area (Å²) in [6.07, 6.45) is 2.07. The van der Waals surface area contributed by atoms with Gasteiger partial charge in [-0.25, -0.2) is 0 Å². The SMILES string of the molecule is CCOC(CCNC(=NC)Nc1cccc(OCCCOC)c1)C(C)C. The van der Waals surface area contributed by atoms with Crippen LogP contribution in [0.4, 0.5) is 5.69 Å². The van der Waals surface area contributed by atoms with Crippen molar-refractivity contribution in [3.05, 3.63) is 24.3 Å². The van der Waals surface area contributed by atoms with Crippen LogP contribution in [0.25, 0.3) is 0 Å². The fraction of sp³-hybridized carbons (Fsp3) is 0.650. The van der Waals surface area contributed by atoms with Crippen molar-refractivity contribution in [3.63, 3.8) is 0 Å². The van der Waals surface area contributed by atoms with Gasteiger partial charge >= 0.3 is 0 Å². The Bertz CT molecular complexity index is 521. The van der Waals surface area contributed by atoms with E-state index in [2.05, 4.69) is 29.5 Å². The number of hydrogen-bond donors (Lipinski definition) is 2. The largest absolute Gasteiger partial charge is 0.493 e. The molecule has 0 amide bonds. The van der Waals surface area contributed by atoms with Crippen LogP contribution in [-0.4, -0.2) is 52.6 Å². The maximum atomic E-state index is 5.78. The molecule has 1 aromatic rings. The predicted octanol–water partition coefficient (Wildman–Crippen LogP) is 3.54. The van der Waals surface area contributed by atoms with Crippen LogP contribution in [0.15, 0.2) is 29.3 Å². The van der Waals surface area contributed by atoms with E-state index in [1.54, 1.807) is 14.2 Å². The molecule has 1 aromatic carbocycles. The van der Waals surface area contributed by atoms with Gasteiger partial charge < -0.3 is 24.8 Å². The number of nitrogens with zero attached hydrogens (tertiary/aromatic N) is 1. The standard InChI is InChI=1S/C20H35N3O3/c1-6-25-19(16(2)3)11-12-22-20(21-4)23-17-9-7-10-18(15-17)26-14-8-13-24-5/h7,9-10,15-16,19H,6,8,11-14H2,1-5H3,(H2,21,22,23). The molecule has 0 aliphatic rings. The molecule has 148 valence electrons. The molecule has 1 atom stereocenters. The van der Waals surface area contributed by atoms with Gasteiger partial charge in [0.05, 0.1) is 12.7 Å². The number of rotatable bonds is 12. The minimum atomic E-state index is 0.259. The second kappa shape index (κ2) is 13.4. The molecular weight excluding hydrogens is 330 g/mol. The Morgan fingerprint density at radius 3 is 2.69 bits per heavy atom. The Morgan fingerprint density at radius 2 is 2.04 bits per heavy atom. The third kappa shape index (κ3) is 9.06. The number of hydrogen-bond acceptors (Lipinski definition) is 4. The summed E-state index contributed by atoms with van der Waals surface area (Å²) < 4.78 is 16.5. The number of ether oxygens (including phenoxy) is 3. The molecule has 6 heteroatoms. The summed E-state index contributed by atoms with van der Waals surface area (Å²) in [5, 5.41) is 6.64. The zero-order chi connectivity index (χ0) is 19.2. The summed E-state index contributed by atoms with van der Waals surface area (Å²) in [5.74, 6) is 2.07. The summed E-state index contributed by atoms with van der Waals surface area (Å²) in [6, 6.07) is 7.87. The van der Waals surface area contributed by atoms with Crippen LogP contribution in [-0.2, 0) is 9.47 Å². The Balaban J connectivity index is 2.47. The normalized spacial score (nSPS) is 12.9. The maximum Gasteiger partial charge on any atom is 0.195 e. The number of methoxy groups -OCH3 is 1. The lowest BCUT2D eigenvalue weighted by Gasteiger charge is -2.21. The van der Waals surface area contributed by atoms with Gasteiger partial charge in [-0.1, -0.05) is 19.9 Å². The Kier molecular flexibility index (Phi) is 11.5. The monoisotopic (exact) mass is 365 g/mol. The van der Waals surface area contributed by atoms with Crippen molar-refractivity contribution in [3.8, 4) is 5.75 Å². The number of nitrogens with one attached hydrogen (secondary N) is 2. The van der Waals surface area contributed by atoms with Crippen molar-refractivity contribution in [2.75, 3.05) is 45.8 Å². The van der Waals surface area contributed by atoms with Crippen LogP contribution in [0.3, 0.4) is 0 Å². The zero-order valence-corrected chi connectivity index (χ0v) is 16.9. The van der Waals surface area contributed by atoms with E-state index < -0.39 is 0 Å². The fourth-order valence-electron chi connectivity index (χ4n) is 2.53. The molecule has 0 spiro atoms. The van der Waals surface area contributed by atoms with Gasteiger partial charge in [-0.05, 0) is 31.4 Å². The smallest absolute Gasteiger partial charge is 0.195 e. The zero-order valence-electron chi connectivity index (χ0n) is 16.9. The van der Waals surface area contributed by atoms with Crippen molar-refractivity contribution in [2.24, 2.45) is 10.9 Å². The quantitative estimate of drug-likeness (QED) is 0.337. The highest BCUT2D eigenvalue weighted by atomic mass is 16.5. The van der Waals surface area contributed by atoms with Crippen molar-refractivity contribution in [2.45, 2.75) is 39.7 Å². The average molecular weight is 366 g/mol. The first kappa shape index (κ1) is 22.3. The number of anilines is 1. The molecule has 1 unspecified atom stereocenters. The summed E-state index contributed by atoms with van der Waals surface area (Å²) >= 11 is 0. The first-order valence-corrected chi connectivity index (χ1v) is 9.41. The van der Waals surface area contributed by atoms with Crippen molar-refractivity contribution >= 4 is 11.6 Å². The second-order valence-corrected chi connectivity index (χ2v) is 6.37. The molecule has 0 aliphatic heterocycles. The van der Waals surface area contributed by atoms with Crippen molar-refractivity contribution < 1.29 is 14.2 Å². The highest BCUT2D eigenvalue weighted by Crippen LogP contribution is 2.17. The third-order valence-electron chi connectivity index (χ3n) is 3.93. The molecule has 0 heterocycles. The number of benzene rings is 1. The topological polar surface area (TPSA) is 64.1 Å². The highest BCUT2D eigenvalue weighted by molar-refractivity contribution is 5.93. The van der Waals surface area contributed by atoms with E-state index in [1.165, 1.54) is 0 Å². The van der Waals surface area contributed by atoms with E-state index in [1.807, 2.05) is 31.2 Å². The lowest BCUT2D eigenvalue weighted by molar-refractivity contribution is 0.0258. The molecule has 0 fully saturated rings. The summed E-state index contributed by atoms with van der Waals surface area (Å²) in [4.78, 5) is 4.28. The van der Waals surface area contributed by atoms with E-state index in [4.69, 9.17) is 14.2 Å². The van der Waals surface area contributed by atoms with Gasteiger partial charge in [0.1, 0.15) is 5.75 Å². The van der Waals surface area contributed by atoms with Crippen molar-refractivity contribution in [1.82, 2.24) is 5.32 Å². The fourth-order valence-corrected chi connectivity index (χ4v) is 2.53. The van der Waals surface area contributed by atoms with Crippen LogP contribution < -0.4 is 15.4 Å². The molecule has 6 nitrogen and oxygen atoms in total. The Hall–Kier alpha value is -1.79. The molecule has 26 heavy (non-hydrogen) atoms. The van der Waals surface area contributed by atoms with E-state index in [0.717, 1.165) is 43.4 Å². The van der Waals surface area contributed by atoms with Crippen LogP contribution in [0.1, 0.15) is 33.6 Å². The van der Waals surface area contributed by atoms with Crippen LogP contribution in [0, 0.1) is 5.92 Å². The molecule has 2 N–H and O–H groups in total. The Labute approximate surface area is 158 Å². The molecule has 0 aromatic heterocycles. The van der Waals surface area contributed by atoms with E-state index in [0.29, 0.717) is 19.1 Å². The number of guanidine groups is 1. The van der Waals surface area contributed by atoms with Gasteiger partial charge in [0.15, 0.2) is 5.96 Å². The molecule has 0 radical (unpaired) electrons. The molecule has 0 saturated heterocycles. The summed E-state index contributed by atoms with van der Waals surface area (Å²) in [7, 11) is 3.46. The van der Waals surface area contributed by atoms with E-state index in [9.17, 15) is 0 Å². The van der Waals surface area contributed by atoms with Gasteiger partial charge in [0, 0.05) is 52.1 Å². The summed E-state index contributed by atoms with van der Waals surface area (Å²) in [5.41, 5.74) is 0.938. The van der Waals surface area contributed by atoms with Crippen LogP contribution in [0.5, 0.6) is 5.75 Å². The lowest BCUT2D eigenvalue weighted by Crippen LogP contribution is -2.34. The first-order valence-electron chi connectivity index (χ1n) is 9.41. The van der Waals surface area contributed by atoms with Crippen LogP contribution >= 0.6 is 0 Å². The van der Waals surface area contributed by atoms with Crippen LogP contribution in [0.2, 0.25) is 0 Å². The molecule has 0 bridgehead atoms. The van der Waals surface area contributed by atoms with Gasteiger partial charge in [0.25, 0.3) is 0 Å². The average Bonchev–Trinajstić information content (AvgIpc) is 2.64. The lowest BCUT2D eigenvalue weighted by atomic mass is 10.0. The van der Waals surface area contributed by atoms with E-state index in [-0.39, 0.29) is 6.10 Å². The van der Waals surface area contributed by atoms with Gasteiger partial charge in [-0.3, -0.25) is 4.99 Å². The summed E-state index contributed by atoms with van der Waals surface area (Å²) in [6.45, 7) is 9.29.